The molecule has 0 unspecified atom stereocenters. The van der Waals surface area contributed by atoms with Crippen molar-refractivity contribution in [3.05, 3.63) is 73.1 Å². The van der Waals surface area contributed by atoms with E-state index in [1.165, 1.54) is 11.1 Å². The van der Waals surface area contributed by atoms with Crippen LogP contribution in [0.3, 0.4) is 0 Å². The van der Waals surface area contributed by atoms with Crippen molar-refractivity contribution in [3.63, 3.8) is 0 Å². The molecule has 0 aliphatic carbocycles. The van der Waals surface area contributed by atoms with Crippen LogP contribution in [-0.4, -0.2) is 17.2 Å². The molecule has 5 heteroatoms. The summed E-state index contributed by atoms with van der Waals surface area (Å²) in [6.45, 7) is 0. The van der Waals surface area contributed by atoms with Crippen LogP contribution in [0.4, 0.5) is 0 Å². The summed E-state index contributed by atoms with van der Waals surface area (Å²) in [6.07, 6.45) is 3.87. The Hall–Kier alpha value is -1.65. The Labute approximate surface area is 129 Å². The molecular weight excluding hydrogens is 293 g/mol. The van der Waals surface area contributed by atoms with Gasteiger partial charge >= 0.3 is 0 Å². The molecule has 2 aromatic carbocycles. The molecule has 1 aromatic heterocycles. The van der Waals surface area contributed by atoms with Gasteiger partial charge in [0.1, 0.15) is 12.4 Å². The van der Waals surface area contributed by atoms with E-state index in [0.717, 1.165) is 0 Å². The van der Waals surface area contributed by atoms with Gasteiger partial charge in [0, 0.05) is 17.1 Å². The molecular formula is C15H15BFeNO2-5. The predicted molar refractivity (Wildman–Crippen MR) is 75.9 cm³/mol. The first-order valence-electron chi connectivity index (χ1n) is 6.03. The van der Waals surface area contributed by atoms with Gasteiger partial charge in [0.05, 0.1) is 0 Å². The summed E-state index contributed by atoms with van der Waals surface area (Å²) in [4.78, 5) is 2.99. The molecule has 108 valence electrons. The maximum atomic E-state index is 8.47. The zero-order valence-corrected chi connectivity index (χ0v) is 11.9. The average molecular weight is 308 g/mol. The Morgan fingerprint density at radius 1 is 1.00 bits per heavy atom. The van der Waals surface area contributed by atoms with Crippen molar-refractivity contribution in [2.45, 2.75) is 0 Å². The summed E-state index contributed by atoms with van der Waals surface area (Å²) >= 11 is 0. The van der Waals surface area contributed by atoms with Gasteiger partial charge in [-0.15, -0.1) is 17.7 Å². The summed E-state index contributed by atoms with van der Waals surface area (Å²) in [6, 6.07) is 19.3. The molecule has 0 saturated heterocycles. The molecule has 3 N–H and O–H groups in total. The van der Waals surface area contributed by atoms with Gasteiger partial charge in [-0.2, -0.15) is 12.1 Å². The summed E-state index contributed by atoms with van der Waals surface area (Å²) < 4.78 is 0. The third-order valence-electron chi connectivity index (χ3n) is 2.70. The third kappa shape index (κ3) is 4.80. The van der Waals surface area contributed by atoms with Gasteiger partial charge in [0.25, 0.3) is 0 Å². The molecule has 0 bridgehead atoms. The van der Waals surface area contributed by atoms with Crippen LogP contribution in [0, 0.1) is 0 Å². The standard InChI is InChI=1S/C10H8N.C5H6BO2.Fe/c1-2-4-9(3-1)10-5-7-11-8-6-10;7-6(8)5-3-1-2-4-5;/h1-8H;1-4,7-8H;/q-1;-5;/p+1. The number of rotatable bonds is 2. The monoisotopic (exact) mass is 308 g/mol. The van der Waals surface area contributed by atoms with E-state index < -0.39 is 7.12 Å². The van der Waals surface area contributed by atoms with Gasteiger partial charge in [-0.3, -0.25) is 0 Å². The van der Waals surface area contributed by atoms with Crippen LogP contribution in [-0.2, 0) is 17.1 Å². The van der Waals surface area contributed by atoms with E-state index in [4.69, 9.17) is 10.0 Å². The largest absolute Gasteiger partial charge is 0.748 e. The third-order valence-corrected chi connectivity index (χ3v) is 2.70. The minimum Gasteiger partial charge on any atom is -0.748 e. The van der Waals surface area contributed by atoms with Crippen LogP contribution >= 0.6 is 0 Å². The van der Waals surface area contributed by atoms with Crippen LogP contribution in [0.5, 0.6) is 0 Å². The molecule has 0 radical (unpaired) electrons. The zero-order chi connectivity index (χ0) is 13.5. The minimum absolute atomic E-state index is 0. The van der Waals surface area contributed by atoms with E-state index in [9.17, 15) is 0 Å². The van der Waals surface area contributed by atoms with Crippen LogP contribution in [0.1, 0.15) is 0 Å². The van der Waals surface area contributed by atoms with Gasteiger partial charge in [0.15, 0.2) is 0 Å². The normalized spacial score (nSPS) is 9.10. The van der Waals surface area contributed by atoms with Crippen molar-refractivity contribution in [2.75, 3.05) is 0 Å². The van der Waals surface area contributed by atoms with E-state index >= 15 is 0 Å². The smallest absolute Gasteiger partial charge is 0.230 e. The molecule has 0 saturated carbocycles. The second kappa shape index (κ2) is 8.51. The molecule has 3 nitrogen and oxygen atoms in total. The molecule has 20 heavy (non-hydrogen) atoms. The van der Waals surface area contributed by atoms with Crippen LogP contribution < -0.4 is 10.4 Å². The van der Waals surface area contributed by atoms with Gasteiger partial charge in [-0.1, -0.05) is 17.7 Å². The zero-order valence-electron chi connectivity index (χ0n) is 10.8. The van der Waals surface area contributed by atoms with Crippen LogP contribution in [0.25, 0.3) is 11.1 Å². The fourth-order valence-corrected chi connectivity index (χ4v) is 1.71. The maximum Gasteiger partial charge on any atom is 0.230 e. The SMILES string of the molecule is OB(O)[c-]1[cH-][cH-][cH-][cH-]1.[Fe].c1cc[c-](-c2cc[nH+]cc2)c1. The quantitative estimate of drug-likeness (QED) is 0.547. The average Bonchev–Trinajstić information content (AvgIpc) is 3.14. The van der Waals surface area contributed by atoms with Crippen molar-refractivity contribution < 1.29 is 32.1 Å². The number of hydrogen-bond acceptors (Lipinski definition) is 2. The minimum atomic E-state index is -1.31. The summed E-state index contributed by atoms with van der Waals surface area (Å²) in [5.74, 6) is 0. The topological polar surface area (TPSA) is 54.6 Å². The Kier molecular flexibility index (Phi) is 6.98. The Bertz CT molecular complexity index is 565. The maximum absolute atomic E-state index is 8.47. The number of hydrogen-bond donors (Lipinski definition) is 2. The second-order valence-corrected chi connectivity index (χ2v) is 4.05. The van der Waals surface area contributed by atoms with Crippen LogP contribution in [0.2, 0.25) is 0 Å². The molecule has 1 heterocycles. The van der Waals surface area contributed by atoms with Gasteiger partial charge < -0.3 is 39.8 Å². The number of aromatic amines is 1. The van der Waals surface area contributed by atoms with Gasteiger partial charge in [-0.05, 0) is 0 Å². The number of aromatic nitrogens is 1. The summed E-state index contributed by atoms with van der Waals surface area (Å²) in [5, 5.41) is 16.9. The predicted octanol–water partition coefficient (Wildman–Crippen LogP) is 0.969. The number of nitrogens with one attached hydrogen (secondary N) is 1. The fourth-order valence-electron chi connectivity index (χ4n) is 1.71. The molecule has 0 aliphatic heterocycles. The fraction of sp³-hybridized carbons (Fsp3) is 0. The molecule has 0 atom stereocenters. The van der Waals surface area contributed by atoms with Crippen molar-refractivity contribution >= 4 is 12.6 Å². The van der Waals surface area contributed by atoms with Gasteiger partial charge in [-0.25, -0.2) is 4.98 Å². The van der Waals surface area contributed by atoms with E-state index in [2.05, 4.69) is 29.2 Å². The molecule has 3 rings (SSSR count). The van der Waals surface area contributed by atoms with Crippen molar-refractivity contribution in [1.29, 1.82) is 0 Å². The first-order chi connectivity index (χ1) is 9.27. The van der Waals surface area contributed by atoms with Gasteiger partial charge in [0.2, 0.25) is 7.12 Å². The van der Waals surface area contributed by atoms with E-state index in [-0.39, 0.29) is 17.1 Å². The molecule has 0 aliphatic rings. The second-order valence-electron chi connectivity index (χ2n) is 4.05. The first-order valence-corrected chi connectivity index (χ1v) is 6.03. The van der Waals surface area contributed by atoms with Crippen LogP contribution in [0.15, 0.2) is 73.1 Å². The Morgan fingerprint density at radius 2 is 1.55 bits per heavy atom. The van der Waals surface area contributed by atoms with Crippen molar-refractivity contribution in [1.82, 2.24) is 0 Å². The summed E-state index contributed by atoms with van der Waals surface area (Å²) in [5.41, 5.74) is 3.08. The summed E-state index contributed by atoms with van der Waals surface area (Å²) in [7, 11) is -1.31. The first kappa shape index (κ1) is 16.4. The Morgan fingerprint density at radius 3 is 2.00 bits per heavy atom. The van der Waals surface area contributed by atoms with E-state index in [0.29, 0.717) is 5.46 Å². The molecule has 0 spiro atoms. The Balaban J connectivity index is 0.000000200. The number of pyridine rings is 1. The number of H-pyrrole nitrogens is 1. The molecule has 0 fully saturated rings. The van der Waals surface area contributed by atoms with E-state index in [1.807, 2.05) is 24.5 Å². The van der Waals surface area contributed by atoms with E-state index in [1.54, 1.807) is 24.3 Å². The van der Waals surface area contributed by atoms with Crippen molar-refractivity contribution in [2.24, 2.45) is 0 Å². The van der Waals surface area contributed by atoms with Crippen molar-refractivity contribution in [3.8, 4) is 11.1 Å². The molecule has 0 amide bonds. The molecule has 3 aromatic rings.